The third-order valence-electron chi connectivity index (χ3n) is 1.18. The number of aliphatic hydroxyl groups is 1. The summed E-state index contributed by atoms with van der Waals surface area (Å²) in [7, 11) is 0. The molecule has 0 aromatic rings. The van der Waals surface area contributed by atoms with Crippen molar-refractivity contribution in [1.82, 2.24) is 0 Å². The lowest BCUT2D eigenvalue weighted by molar-refractivity contribution is -0.362. The molecule has 0 radical (unpaired) electrons. The van der Waals surface area contributed by atoms with E-state index in [0.717, 1.165) is 0 Å². The summed E-state index contributed by atoms with van der Waals surface area (Å²) in [6, 6.07) is 0. The molecule has 1 N–H and O–H groups in total. The lowest BCUT2D eigenvalue weighted by atomic mass is 10.1. The van der Waals surface area contributed by atoms with Gasteiger partial charge in [0.15, 0.2) is 4.84 Å². The molecule has 0 spiro atoms. The normalized spacial score (nSPS) is 15.2. The van der Waals surface area contributed by atoms with E-state index in [2.05, 4.69) is 23.2 Å². The number of halogens is 8. The SMILES string of the molecule is OC(C(Cl)Cl)(C(F)(F)F)C(F)(F)F. The maximum Gasteiger partial charge on any atom is 0.429 e. The molecule has 1 nitrogen and oxygen atoms in total. The Labute approximate surface area is 78.2 Å². The Morgan fingerprint density at radius 3 is 1.08 bits per heavy atom. The summed E-state index contributed by atoms with van der Waals surface area (Å²) in [5.74, 6) is 0. The molecule has 0 saturated carbocycles. The Balaban J connectivity index is 5.22. The van der Waals surface area contributed by atoms with Gasteiger partial charge in [0.05, 0.1) is 0 Å². The minimum atomic E-state index is -5.97. The molecule has 80 valence electrons. The Hall–Kier alpha value is 0.120. The van der Waals surface area contributed by atoms with Gasteiger partial charge in [0.25, 0.3) is 5.60 Å². The summed E-state index contributed by atoms with van der Waals surface area (Å²) in [4.78, 5) is -3.03. The van der Waals surface area contributed by atoms with E-state index >= 15 is 0 Å². The van der Waals surface area contributed by atoms with E-state index in [1.54, 1.807) is 0 Å². The van der Waals surface area contributed by atoms with Crippen LogP contribution in [0.15, 0.2) is 0 Å². The highest BCUT2D eigenvalue weighted by molar-refractivity contribution is 6.45. The first kappa shape index (κ1) is 13.1. The number of hydrogen-bond donors (Lipinski definition) is 1. The van der Waals surface area contributed by atoms with Gasteiger partial charge in [0, 0.05) is 0 Å². The summed E-state index contributed by atoms with van der Waals surface area (Å²) < 4.78 is 70.3. The predicted molar refractivity (Wildman–Crippen MR) is 32.6 cm³/mol. The second-order valence-corrected chi connectivity index (χ2v) is 3.16. The third kappa shape index (κ3) is 2.13. The van der Waals surface area contributed by atoms with E-state index in [0.29, 0.717) is 0 Å². The first-order valence-electron chi connectivity index (χ1n) is 2.58. The third-order valence-corrected chi connectivity index (χ3v) is 1.81. The molecule has 0 aromatic carbocycles. The molecule has 0 bridgehead atoms. The fourth-order valence-corrected chi connectivity index (χ4v) is 0.903. The van der Waals surface area contributed by atoms with Crippen LogP contribution >= 0.6 is 23.2 Å². The molecule has 9 heteroatoms. The molecule has 0 saturated heterocycles. The average molecular weight is 251 g/mol. The van der Waals surface area contributed by atoms with E-state index in [1.807, 2.05) is 0 Å². The largest absolute Gasteiger partial charge is 0.429 e. The number of hydrogen-bond acceptors (Lipinski definition) is 1. The van der Waals surface area contributed by atoms with Crippen molar-refractivity contribution in [2.75, 3.05) is 0 Å². The summed E-state index contributed by atoms with van der Waals surface area (Å²) in [5, 5.41) is 8.25. The second-order valence-electron chi connectivity index (χ2n) is 2.06. The molecule has 0 amide bonds. The second kappa shape index (κ2) is 3.36. The molecule has 0 fully saturated rings. The van der Waals surface area contributed by atoms with E-state index in [-0.39, 0.29) is 0 Å². The van der Waals surface area contributed by atoms with Gasteiger partial charge in [-0.1, -0.05) is 0 Å². The first-order valence-corrected chi connectivity index (χ1v) is 3.46. The first-order chi connectivity index (χ1) is 5.44. The Morgan fingerprint density at radius 2 is 1.08 bits per heavy atom. The van der Waals surface area contributed by atoms with Crippen LogP contribution in [0.25, 0.3) is 0 Å². The molecule has 0 unspecified atom stereocenters. The van der Waals surface area contributed by atoms with Gasteiger partial charge in [-0.05, 0) is 0 Å². The molecule has 0 heterocycles. The molecule has 0 aliphatic heterocycles. The van der Waals surface area contributed by atoms with Gasteiger partial charge in [-0.25, -0.2) is 0 Å². The smallest absolute Gasteiger partial charge is 0.372 e. The van der Waals surface area contributed by atoms with Gasteiger partial charge in [-0.15, -0.1) is 23.2 Å². The summed E-state index contributed by atoms with van der Waals surface area (Å²) in [6.07, 6.45) is -11.9. The van der Waals surface area contributed by atoms with Crippen LogP contribution in [0.2, 0.25) is 0 Å². The lowest BCUT2D eigenvalue weighted by Crippen LogP contribution is -2.61. The fourth-order valence-electron chi connectivity index (χ4n) is 0.408. The van der Waals surface area contributed by atoms with Gasteiger partial charge in [-0.3, -0.25) is 0 Å². The van der Waals surface area contributed by atoms with Crippen LogP contribution < -0.4 is 0 Å². The molecular weight excluding hydrogens is 249 g/mol. The zero-order valence-corrected chi connectivity index (χ0v) is 7.06. The Kier molecular flexibility index (Phi) is 3.39. The van der Waals surface area contributed by atoms with E-state index in [4.69, 9.17) is 5.11 Å². The van der Waals surface area contributed by atoms with Crippen molar-refractivity contribution in [3.05, 3.63) is 0 Å². The summed E-state index contributed by atoms with van der Waals surface area (Å²) in [5.41, 5.74) is -5.09. The zero-order chi connectivity index (χ0) is 11.1. The van der Waals surface area contributed by atoms with Crippen molar-refractivity contribution in [1.29, 1.82) is 0 Å². The molecular formula is C4H2Cl2F6O. The number of alkyl halides is 8. The van der Waals surface area contributed by atoms with Gasteiger partial charge in [-0.2, -0.15) is 26.3 Å². The van der Waals surface area contributed by atoms with Gasteiger partial charge in [0.2, 0.25) is 0 Å². The zero-order valence-electron chi connectivity index (χ0n) is 5.55. The topological polar surface area (TPSA) is 20.2 Å². The highest BCUT2D eigenvalue weighted by Gasteiger charge is 2.73. The predicted octanol–water partition coefficient (Wildman–Crippen LogP) is 2.65. The lowest BCUT2D eigenvalue weighted by Gasteiger charge is -2.32. The standard InChI is InChI=1S/C4H2Cl2F6O/c5-1(6)2(13,3(7,8)9)4(10,11)12/h1,13H. The summed E-state index contributed by atoms with van der Waals surface area (Å²) >= 11 is 8.86. The Bertz CT molecular complexity index is 170. The minimum absolute atomic E-state index is 3.03. The number of rotatable bonds is 1. The monoisotopic (exact) mass is 250 g/mol. The van der Waals surface area contributed by atoms with Crippen LogP contribution in [-0.4, -0.2) is 27.9 Å². The fraction of sp³-hybridized carbons (Fsp3) is 1.00. The summed E-state index contributed by atoms with van der Waals surface area (Å²) in [6.45, 7) is 0. The maximum atomic E-state index is 11.7. The molecule has 0 atom stereocenters. The van der Waals surface area contributed by atoms with Crippen LogP contribution in [-0.2, 0) is 0 Å². The molecule has 0 rings (SSSR count). The van der Waals surface area contributed by atoms with E-state index in [9.17, 15) is 26.3 Å². The van der Waals surface area contributed by atoms with E-state index in [1.165, 1.54) is 0 Å². The highest BCUT2D eigenvalue weighted by atomic mass is 35.5. The Morgan fingerprint density at radius 1 is 0.846 bits per heavy atom. The maximum absolute atomic E-state index is 11.7. The van der Waals surface area contributed by atoms with Gasteiger partial charge in [0.1, 0.15) is 0 Å². The van der Waals surface area contributed by atoms with Crippen LogP contribution in [0.4, 0.5) is 26.3 Å². The van der Waals surface area contributed by atoms with Gasteiger partial charge < -0.3 is 5.11 Å². The average Bonchev–Trinajstić information content (AvgIpc) is 1.80. The minimum Gasteiger partial charge on any atom is -0.372 e. The highest BCUT2D eigenvalue weighted by Crippen LogP contribution is 2.47. The van der Waals surface area contributed by atoms with Crippen LogP contribution in [0, 0.1) is 0 Å². The van der Waals surface area contributed by atoms with Crippen LogP contribution in [0.1, 0.15) is 0 Å². The van der Waals surface area contributed by atoms with Crippen LogP contribution in [0.5, 0.6) is 0 Å². The van der Waals surface area contributed by atoms with Crippen molar-refractivity contribution in [2.45, 2.75) is 22.8 Å². The van der Waals surface area contributed by atoms with Crippen molar-refractivity contribution >= 4 is 23.2 Å². The molecule has 0 aliphatic rings. The van der Waals surface area contributed by atoms with Gasteiger partial charge >= 0.3 is 12.4 Å². The molecule has 0 aliphatic carbocycles. The van der Waals surface area contributed by atoms with Crippen molar-refractivity contribution in [2.24, 2.45) is 0 Å². The van der Waals surface area contributed by atoms with Crippen molar-refractivity contribution in [3.63, 3.8) is 0 Å². The quantitative estimate of drug-likeness (QED) is 0.561. The van der Waals surface area contributed by atoms with Crippen LogP contribution in [0.3, 0.4) is 0 Å². The molecule has 13 heavy (non-hydrogen) atoms. The van der Waals surface area contributed by atoms with Crippen molar-refractivity contribution in [3.8, 4) is 0 Å². The van der Waals surface area contributed by atoms with E-state index < -0.39 is 22.8 Å². The van der Waals surface area contributed by atoms with Crippen molar-refractivity contribution < 1.29 is 31.4 Å². The molecule has 0 aromatic heterocycles.